The topological polar surface area (TPSA) is 95.1 Å². The number of nitrogens with one attached hydrogen (secondary N) is 1. The monoisotopic (exact) mass is 341 g/mol. The highest BCUT2D eigenvalue weighted by molar-refractivity contribution is 7.99. The van der Waals surface area contributed by atoms with Crippen LogP contribution in [0.2, 0.25) is 5.02 Å². The predicted molar refractivity (Wildman–Crippen MR) is 86.9 cm³/mol. The van der Waals surface area contributed by atoms with E-state index in [0.29, 0.717) is 33.9 Å². The minimum absolute atomic E-state index is 0.169. The summed E-state index contributed by atoms with van der Waals surface area (Å²) in [6, 6.07) is 5.03. The van der Waals surface area contributed by atoms with Gasteiger partial charge < -0.3 is 15.9 Å². The van der Waals surface area contributed by atoms with Gasteiger partial charge in [-0.25, -0.2) is 4.68 Å². The standard InChI is InChI=1S/C13H16ClN5O2S/c1-3-11-17-18-13(19(11)15)22-7-12(20)16-8-4-5-10(21-2)9(14)6-8/h4-6H,3,7,15H2,1-2H3,(H,16,20). The summed E-state index contributed by atoms with van der Waals surface area (Å²) >= 11 is 7.22. The minimum atomic E-state index is -0.188. The summed E-state index contributed by atoms with van der Waals surface area (Å²) in [6.45, 7) is 1.93. The largest absolute Gasteiger partial charge is 0.495 e. The molecule has 7 nitrogen and oxygen atoms in total. The van der Waals surface area contributed by atoms with Gasteiger partial charge in [-0.05, 0) is 18.2 Å². The van der Waals surface area contributed by atoms with Crippen molar-refractivity contribution in [2.45, 2.75) is 18.5 Å². The Labute approximate surface area is 137 Å². The van der Waals surface area contributed by atoms with Gasteiger partial charge in [0.1, 0.15) is 5.75 Å². The normalized spacial score (nSPS) is 10.5. The third kappa shape index (κ3) is 3.83. The van der Waals surface area contributed by atoms with Gasteiger partial charge in [0.25, 0.3) is 0 Å². The van der Waals surface area contributed by atoms with Crippen molar-refractivity contribution in [3.05, 3.63) is 29.0 Å². The Morgan fingerprint density at radius 2 is 2.27 bits per heavy atom. The average Bonchev–Trinajstić information content (AvgIpc) is 2.85. The van der Waals surface area contributed by atoms with Gasteiger partial charge in [0, 0.05) is 12.1 Å². The minimum Gasteiger partial charge on any atom is -0.495 e. The zero-order chi connectivity index (χ0) is 16.1. The van der Waals surface area contributed by atoms with Gasteiger partial charge in [-0.2, -0.15) is 0 Å². The molecule has 22 heavy (non-hydrogen) atoms. The van der Waals surface area contributed by atoms with E-state index in [0.717, 1.165) is 0 Å². The molecule has 9 heteroatoms. The summed E-state index contributed by atoms with van der Waals surface area (Å²) in [5, 5.41) is 11.5. The SMILES string of the molecule is CCc1nnc(SCC(=O)Nc2ccc(OC)c(Cl)c2)n1N. The van der Waals surface area contributed by atoms with Crippen molar-refractivity contribution in [3.8, 4) is 5.75 Å². The lowest BCUT2D eigenvalue weighted by Gasteiger charge is -2.08. The number of nitrogens with zero attached hydrogens (tertiary/aromatic N) is 3. The third-order valence-corrected chi connectivity index (χ3v) is 4.06. The van der Waals surface area contributed by atoms with Gasteiger partial charge in [0.15, 0.2) is 5.82 Å². The van der Waals surface area contributed by atoms with Crippen LogP contribution in [0.15, 0.2) is 23.4 Å². The number of amides is 1. The van der Waals surface area contributed by atoms with E-state index in [2.05, 4.69) is 15.5 Å². The zero-order valence-corrected chi connectivity index (χ0v) is 13.7. The first-order chi connectivity index (χ1) is 10.5. The van der Waals surface area contributed by atoms with Crippen LogP contribution in [0.3, 0.4) is 0 Å². The molecule has 0 bridgehead atoms. The van der Waals surface area contributed by atoms with Gasteiger partial charge >= 0.3 is 0 Å². The van der Waals surface area contributed by atoms with Gasteiger partial charge in [0.05, 0.1) is 17.9 Å². The maximum atomic E-state index is 11.9. The third-order valence-electron chi connectivity index (χ3n) is 2.82. The van der Waals surface area contributed by atoms with Crippen molar-refractivity contribution in [1.29, 1.82) is 0 Å². The number of methoxy groups -OCH3 is 1. The first-order valence-corrected chi connectivity index (χ1v) is 7.87. The molecular formula is C13H16ClN5O2S. The van der Waals surface area contributed by atoms with Crippen molar-refractivity contribution >= 4 is 35.0 Å². The maximum Gasteiger partial charge on any atom is 0.234 e. The lowest BCUT2D eigenvalue weighted by Crippen LogP contribution is -2.17. The number of nitrogens with two attached hydrogens (primary N) is 1. The quantitative estimate of drug-likeness (QED) is 0.616. The van der Waals surface area contributed by atoms with Crippen molar-refractivity contribution in [3.63, 3.8) is 0 Å². The van der Waals surface area contributed by atoms with Gasteiger partial charge in [-0.1, -0.05) is 30.3 Å². The second-order valence-electron chi connectivity index (χ2n) is 4.31. The van der Waals surface area contributed by atoms with E-state index in [1.807, 2.05) is 6.92 Å². The molecule has 1 heterocycles. The molecule has 0 aliphatic carbocycles. The molecule has 0 unspecified atom stereocenters. The Morgan fingerprint density at radius 3 is 2.86 bits per heavy atom. The number of benzene rings is 1. The van der Waals surface area contributed by atoms with Crippen LogP contribution >= 0.6 is 23.4 Å². The summed E-state index contributed by atoms with van der Waals surface area (Å²) in [5.41, 5.74) is 0.597. The Balaban J connectivity index is 1.92. The van der Waals surface area contributed by atoms with Crippen LogP contribution in [-0.4, -0.2) is 33.6 Å². The highest BCUT2D eigenvalue weighted by atomic mass is 35.5. The van der Waals surface area contributed by atoms with Crippen LogP contribution < -0.4 is 15.9 Å². The number of hydrogen-bond donors (Lipinski definition) is 2. The van der Waals surface area contributed by atoms with Crippen molar-refractivity contribution in [2.24, 2.45) is 0 Å². The van der Waals surface area contributed by atoms with E-state index < -0.39 is 0 Å². The molecule has 1 amide bonds. The molecule has 118 valence electrons. The van der Waals surface area contributed by atoms with Crippen LogP contribution in [-0.2, 0) is 11.2 Å². The second kappa shape index (κ2) is 7.37. The number of hydrogen-bond acceptors (Lipinski definition) is 6. The summed E-state index contributed by atoms with van der Waals surface area (Å²) in [5.74, 6) is 7.02. The summed E-state index contributed by atoms with van der Waals surface area (Å²) < 4.78 is 6.45. The number of anilines is 1. The Bertz CT molecular complexity index is 676. The van der Waals surface area contributed by atoms with Crippen LogP contribution in [0.4, 0.5) is 5.69 Å². The van der Waals surface area contributed by atoms with Gasteiger partial charge in [0.2, 0.25) is 11.1 Å². The van der Waals surface area contributed by atoms with Crippen LogP contribution in [0.5, 0.6) is 5.75 Å². The molecule has 0 saturated heterocycles. The van der Waals surface area contributed by atoms with Crippen LogP contribution in [0.1, 0.15) is 12.7 Å². The number of carbonyl (C=O) groups excluding carboxylic acids is 1. The highest BCUT2D eigenvalue weighted by Crippen LogP contribution is 2.27. The molecular weight excluding hydrogens is 326 g/mol. The number of halogens is 1. The first kappa shape index (κ1) is 16.4. The second-order valence-corrected chi connectivity index (χ2v) is 5.66. The molecule has 0 aliphatic heterocycles. The van der Waals surface area contributed by atoms with Crippen molar-refractivity contribution in [2.75, 3.05) is 24.0 Å². The Hall–Kier alpha value is -1.93. The van der Waals surface area contributed by atoms with Crippen molar-refractivity contribution in [1.82, 2.24) is 14.9 Å². The smallest absolute Gasteiger partial charge is 0.234 e. The number of rotatable bonds is 6. The van der Waals surface area contributed by atoms with Crippen LogP contribution in [0, 0.1) is 0 Å². The molecule has 0 radical (unpaired) electrons. The summed E-state index contributed by atoms with van der Waals surface area (Å²) in [7, 11) is 1.53. The number of carbonyl (C=O) groups is 1. The molecule has 1 aromatic heterocycles. The molecule has 1 aromatic carbocycles. The highest BCUT2D eigenvalue weighted by Gasteiger charge is 2.11. The Morgan fingerprint density at radius 1 is 1.50 bits per heavy atom. The van der Waals surface area contributed by atoms with Crippen molar-refractivity contribution < 1.29 is 9.53 Å². The molecule has 0 aliphatic rings. The molecule has 3 N–H and O–H groups in total. The van der Waals surface area contributed by atoms with E-state index in [1.165, 1.54) is 23.5 Å². The fourth-order valence-electron chi connectivity index (χ4n) is 1.72. The summed E-state index contributed by atoms with van der Waals surface area (Å²) in [4.78, 5) is 11.9. The van der Waals surface area contributed by atoms with Crippen LogP contribution in [0.25, 0.3) is 0 Å². The first-order valence-electron chi connectivity index (χ1n) is 6.50. The molecule has 0 saturated carbocycles. The molecule has 2 rings (SSSR count). The number of aryl methyl sites for hydroxylation is 1. The van der Waals surface area contributed by atoms with E-state index in [9.17, 15) is 4.79 Å². The van der Waals surface area contributed by atoms with E-state index in [1.54, 1.807) is 18.2 Å². The molecule has 2 aromatic rings. The lowest BCUT2D eigenvalue weighted by molar-refractivity contribution is -0.113. The fraction of sp³-hybridized carbons (Fsp3) is 0.308. The molecule has 0 fully saturated rings. The maximum absolute atomic E-state index is 11.9. The number of thioether (sulfide) groups is 1. The average molecular weight is 342 g/mol. The fourth-order valence-corrected chi connectivity index (χ4v) is 2.65. The lowest BCUT2D eigenvalue weighted by atomic mass is 10.3. The van der Waals surface area contributed by atoms with Gasteiger partial charge in [-0.3, -0.25) is 4.79 Å². The van der Waals surface area contributed by atoms with E-state index in [-0.39, 0.29) is 11.7 Å². The predicted octanol–water partition coefficient (Wildman–Crippen LogP) is 1.95. The number of ether oxygens (including phenoxy) is 1. The van der Waals surface area contributed by atoms with E-state index in [4.69, 9.17) is 22.2 Å². The Kier molecular flexibility index (Phi) is 5.51. The molecule has 0 spiro atoms. The van der Waals surface area contributed by atoms with Gasteiger partial charge in [-0.15, -0.1) is 10.2 Å². The molecule has 0 atom stereocenters. The van der Waals surface area contributed by atoms with E-state index >= 15 is 0 Å². The summed E-state index contributed by atoms with van der Waals surface area (Å²) in [6.07, 6.45) is 0.681. The zero-order valence-electron chi connectivity index (χ0n) is 12.2. The number of nitrogen functional groups attached to an aromatic ring is 1. The number of aromatic nitrogens is 3.